The van der Waals surface area contributed by atoms with Crippen molar-refractivity contribution in [2.45, 2.75) is 26.1 Å². The first kappa shape index (κ1) is 20.4. The van der Waals surface area contributed by atoms with Crippen molar-refractivity contribution in [3.05, 3.63) is 84.2 Å². The van der Waals surface area contributed by atoms with E-state index in [9.17, 15) is 4.39 Å². The Kier molecular flexibility index (Phi) is 7.22. The molecule has 152 valence electrons. The van der Waals surface area contributed by atoms with Gasteiger partial charge < -0.3 is 19.9 Å². The number of ether oxygens (including phenoxy) is 1. The van der Waals surface area contributed by atoms with Gasteiger partial charge in [0.05, 0.1) is 12.9 Å². The monoisotopic (exact) mass is 395 g/mol. The van der Waals surface area contributed by atoms with Gasteiger partial charge in [0.1, 0.15) is 6.10 Å². The van der Waals surface area contributed by atoms with Crippen LogP contribution in [0.3, 0.4) is 0 Å². The molecule has 0 radical (unpaired) electrons. The quantitative estimate of drug-likeness (QED) is 0.454. The lowest BCUT2D eigenvalue weighted by Gasteiger charge is -2.18. The number of benzene rings is 2. The number of hydrogen-bond donors (Lipinski definition) is 2. The van der Waals surface area contributed by atoms with Crippen LogP contribution in [0.25, 0.3) is 0 Å². The van der Waals surface area contributed by atoms with Crippen LogP contribution < -0.4 is 15.4 Å². The van der Waals surface area contributed by atoms with Crippen LogP contribution >= 0.6 is 0 Å². The highest BCUT2D eigenvalue weighted by Gasteiger charge is 2.09. The molecule has 0 fully saturated rings. The molecule has 1 heterocycles. The molecule has 3 aromatic rings. The van der Waals surface area contributed by atoms with Gasteiger partial charge in [-0.05, 0) is 30.2 Å². The lowest BCUT2D eigenvalue weighted by molar-refractivity contribution is 0.214. The number of aliphatic imine (C=N–C) groups is 1. The van der Waals surface area contributed by atoms with Crippen molar-refractivity contribution in [3.8, 4) is 5.75 Å². The van der Waals surface area contributed by atoms with E-state index in [1.165, 1.54) is 11.6 Å². The predicted octanol–water partition coefficient (Wildman–Crippen LogP) is 3.20. The van der Waals surface area contributed by atoms with Gasteiger partial charge in [-0.2, -0.15) is 0 Å². The number of para-hydroxylation sites is 1. The molecule has 0 spiro atoms. The van der Waals surface area contributed by atoms with E-state index in [1.54, 1.807) is 31.4 Å². The lowest BCUT2D eigenvalue weighted by atomic mass is 10.1. The number of rotatable bonds is 8. The molecular formula is C22H26FN5O. The zero-order chi connectivity index (χ0) is 20.5. The number of guanidine groups is 1. The molecule has 29 heavy (non-hydrogen) atoms. The van der Waals surface area contributed by atoms with Gasteiger partial charge in [0.25, 0.3) is 0 Å². The molecule has 2 aromatic carbocycles. The van der Waals surface area contributed by atoms with Crippen molar-refractivity contribution in [3.63, 3.8) is 0 Å². The molecule has 0 aliphatic rings. The topological polar surface area (TPSA) is 63.5 Å². The number of aromatic nitrogens is 2. The first-order chi connectivity index (χ1) is 14.1. The molecule has 2 N–H and O–H groups in total. The minimum atomic E-state index is -0.363. The standard InChI is InChI=1S/C22H26FN5O/c1-17(29-21-6-4-3-5-20(21)23)13-26-22(24-2)27-14-18-7-9-19(10-8-18)15-28-12-11-25-16-28/h3-12,16-17H,13-15H2,1-2H3,(H2,24,26,27). The summed E-state index contributed by atoms with van der Waals surface area (Å²) in [5, 5.41) is 6.48. The van der Waals surface area contributed by atoms with Crippen LogP contribution in [-0.4, -0.2) is 35.2 Å². The highest BCUT2D eigenvalue weighted by atomic mass is 19.1. The van der Waals surface area contributed by atoms with E-state index >= 15 is 0 Å². The fourth-order valence-corrected chi connectivity index (χ4v) is 2.80. The summed E-state index contributed by atoms with van der Waals surface area (Å²) >= 11 is 0. The number of hydrogen-bond acceptors (Lipinski definition) is 3. The zero-order valence-electron chi connectivity index (χ0n) is 16.7. The zero-order valence-corrected chi connectivity index (χ0v) is 16.7. The fourth-order valence-electron chi connectivity index (χ4n) is 2.80. The van der Waals surface area contributed by atoms with Crippen molar-refractivity contribution >= 4 is 5.96 Å². The van der Waals surface area contributed by atoms with Gasteiger partial charge in [-0.25, -0.2) is 9.37 Å². The molecule has 3 rings (SSSR count). The van der Waals surface area contributed by atoms with E-state index in [2.05, 4.69) is 44.9 Å². The summed E-state index contributed by atoms with van der Waals surface area (Å²) in [7, 11) is 1.71. The van der Waals surface area contributed by atoms with E-state index < -0.39 is 0 Å². The molecule has 0 bridgehead atoms. The fraction of sp³-hybridized carbons (Fsp3) is 0.273. The van der Waals surface area contributed by atoms with Gasteiger partial charge in [0, 0.05) is 32.5 Å². The summed E-state index contributed by atoms with van der Waals surface area (Å²) in [5.41, 5.74) is 2.37. The van der Waals surface area contributed by atoms with Crippen LogP contribution in [0.5, 0.6) is 5.75 Å². The summed E-state index contributed by atoms with van der Waals surface area (Å²) < 4.78 is 21.3. The van der Waals surface area contributed by atoms with Crippen LogP contribution in [-0.2, 0) is 13.1 Å². The van der Waals surface area contributed by atoms with Crippen LogP contribution in [0.2, 0.25) is 0 Å². The Morgan fingerprint density at radius 1 is 1.14 bits per heavy atom. The van der Waals surface area contributed by atoms with Crippen molar-refractivity contribution in [2.75, 3.05) is 13.6 Å². The molecule has 7 heteroatoms. The van der Waals surface area contributed by atoms with Crippen LogP contribution in [0.4, 0.5) is 4.39 Å². The average molecular weight is 395 g/mol. The van der Waals surface area contributed by atoms with E-state index in [0.717, 1.165) is 12.1 Å². The maximum atomic E-state index is 13.7. The molecule has 0 aliphatic heterocycles. The van der Waals surface area contributed by atoms with Crippen molar-refractivity contribution in [1.82, 2.24) is 20.2 Å². The van der Waals surface area contributed by atoms with Crippen LogP contribution in [0.15, 0.2) is 72.2 Å². The van der Waals surface area contributed by atoms with Gasteiger partial charge in [-0.3, -0.25) is 4.99 Å². The second-order valence-electron chi connectivity index (χ2n) is 6.72. The van der Waals surface area contributed by atoms with Gasteiger partial charge in [-0.1, -0.05) is 36.4 Å². The Morgan fingerprint density at radius 3 is 2.59 bits per heavy atom. The first-order valence-electron chi connectivity index (χ1n) is 9.53. The van der Waals surface area contributed by atoms with Gasteiger partial charge >= 0.3 is 0 Å². The Bertz CT molecular complexity index is 909. The molecule has 1 aromatic heterocycles. The van der Waals surface area contributed by atoms with Gasteiger partial charge in [0.2, 0.25) is 0 Å². The summed E-state index contributed by atoms with van der Waals surface area (Å²) in [4.78, 5) is 8.28. The summed E-state index contributed by atoms with van der Waals surface area (Å²) in [5.74, 6) is 0.551. The Morgan fingerprint density at radius 2 is 1.90 bits per heavy atom. The normalized spacial score (nSPS) is 12.4. The van der Waals surface area contributed by atoms with E-state index in [1.807, 2.05) is 24.0 Å². The molecule has 1 atom stereocenters. The van der Waals surface area contributed by atoms with Crippen LogP contribution in [0, 0.1) is 5.82 Å². The van der Waals surface area contributed by atoms with Crippen molar-refractivity contribution in [2.24, 2.45) is 4.99 Å². The number of nitrogens with zero attached hydrogens (tertiary/aromatic N) is 3. The SMILES string of the molecule is CN=C(NCc1ccc(Cn2ccnc2)cc1)NCC(C)Oc1ccccc1F. The Labute approximate surface area is 170 Å². The smallest absolute Gasteiger partial charge is 0.191 e. The summed E-state index contributed by atoms with van der Waals surface area (Å²) in [6.45, 7) is 3.83. The van der Waals surface area contributed by atoms with E-state index in [-0.39, 0.29) is 17.7 Å². The molecule has 6 nitrogen and oxygen atoms in total. The van der Waals surface area contributed by atoms with Crippen LogP contribution in [0.1, 0.15) is 18.1 Å². The predicted molar refractivity (Wildman–Crippen MR) is 112 cm³/mol. The highest BCUT2D eigenvalue weighted by molar-refractivity contribution is 5.79. The second kappa shape index (κ2) is 10.3. The van der Waals surface area contributed by atoms with E-state index in [0.29, 0.717) is 19.0 Å². The minimum Gasteiger partial charge on any atom is -0.486 e. The third-order valence-corrected chi connectivity index (χ3v) is 4.35. The minimum absolute atomic E-state index is 0.215. The molecule has 0 amide bonds. The molecule has 0 aliphatic carbocycles. The number of imidazole rings is 1. The third-order valence-electron chi connectivity index (χ3n) is 4.35. The second-order valence-corrected chi connectivity index (χ2v) is 6.72. The third kappa shape index (κ3) is 6.34. The molecule has 1 unspecified atom stereocenters. The van der Waals surface area contributed by atoms with Crippen molar-refractivity contribution < 1.29 is 9.13 Å². The first-order valence-corrected chi connectivity index (χ1v) is 9.53. The maximum absolute atomic E-state index is 13.7. The molecule has 0 saturated heterocycles. The highest BCUT2D eigenvalue weighted by Crippen LogP contribution is 2.16. The van der Waals surface area contributed by atoms with Gasteiger partial charge in [-0.15, -0.1) is 0 Å². The number of halogens is 1. The largest absolute Gasteiger partial charge is 0.486 e. The summed E-state index contributed by atoms with van der Waals surface area (Å²) in [6, 6.07) is 14.8. The maximum Gasteiger partial charge on any atom is 0.191 e. The number of nitrogens with one attached hydrogen (secondary N) is 2. The Hall–Kier alpha value is -3.35. The molecular weight excluding hydrogens is 369 g/mol. The van der Waals surface area contributed by atoms with E-state index in [4.69, 9.17) is 4.74 Å². The lowest BCUT2D eigenvalue weighted by Crippen LogP contribution is -2.41. The van der Waals surface area contributed by atoms with Gasteiger partial charge in [0.15, 0.2) is 17.5 Å². The molecule has 0 saturated carbocycles. The van der Waals surface area contributed by atoms with Crippen molar-refractivity contribution in [1.29, 1.82) is 0 Å². The summed E-state index contributed by atoms with van der Waals surface area (Å²) in [6.07, 6.45) is 5.32. The Balaban J connectivity index is 1.43. The average Bonchev–Trinajstić information content (AvgIpc) is 3.24.